The molecule has 1 amide bonds. The van der Waals surface area contributed by atoms with Gasteiger partial charge >= 0.3 is 0 Å². The maximum atomic E-state index is 13.0. The summed E-state index contributed by atoms with van der Waals surface area (Å²) >= 11 is 0. The summed E-state index contributed by atoms with van der Waals surface area (Å²) in [5.74, 6) is 0.739. The molecule has 2 atom stereocenters. The van der Waals surface area contributed by atoms with Crippen molar-refractivity contribution in [2.24, 2.45) is 11.8 Å². The van der Waals surface area contributed by atoms with E-state index in [9.17, 15) is 9.90 Å². The molecule has 5 nitrogen and oxygen atoms in total. The maximum absolute atomic E-state index is 13.0. The van der Waals surface area contributed by atoms with E-state index in [-0.39, 0.29) is 18.4 Å². The molecule has 134 valence electrons. The number of fused-ring (bicyclic) bond motifs is 1. The van der Waals surface area contributed by atoms with Gasteiger partial charge in [-0.2, -0.15) is 0 Å². The number of piperidine rings is 1. The molecule has 25 heavy (non-hydrogen) atoms. The minimum absolute atomic E-state index is 0.0843. The van der Waals surface area contributed by atoms with Gasteiger partial charge in [0.2, 0.25) is 0 Å². The topological polar surface area (TPSA) is 59.6 Å². The van der Waals surface area contributed by atoms with Crippen LogP contribution in [0.15, 0.2) is 30.5 Å². The van der Waals surface area contributed by atoms with Gasteiger partial charge < -0.3 is 19.9 Å². The number of aliphatic hydroxyl groups is 1. The van der Waals surface area contributed by atoms with Crippen LogP contribution in [-0.4, -0.2) is 65.1 Å². The number of benzene rings is 1. The third-order valence-corrected chi connectivity index (χ3v) is 5.69. The smallest absolute Gasteiger partial charge is 0.253 e. The number of nitrogens with one attached hydrogen (secondary N) is 1. The van der Waals surface area contributed by atoms with Gasteiger partial charge in [0.1, 0.15) is 0 Å². The fraction of sp³-hybridized carbons (Fsp3) is 0.550. The Morgan fingerprint density at radius 3 is 2.76 bits per heavy atom. The highest BCUT2D eigenvalue weighted by Crippen LogP contribution is 2.26. The van der Waals surface area contributed by atoms with Crippen molar-refractivity contribution in [3.63, 3.8) is 0 Å². The van der Waals surface area contributed by atoms with Crippen LogP contribution in [0.2, 0.25) is 0 Å². The normalized spacial score (nSPS) is 24.9. The fourth-order valence-corrected chi connectivity index (χ4v) is 4.44. The van der Waals surface area contributed by atoms with E-state index < -0.39 is 0 Å². The lowest BCUT2D eigenvalue weighted by Crippen LogP contribution is -2.47. The molecule has 2 aliphatic rings. The second-order valence-electron chi connectivity index (χ2n) is 7.65. The van der Waals surface area contributed by atoms with E-state index in [4.69, 9.17) is 0 Å². The lowest BCUT2D eigenvalue weighted by Gasteiger charge is -2.38. The number of carbonyl (C=O) groups is 1. The van der Waals surface area contributed by atoms with Gasteiger partial charge in [-0.25, -0.2) is 0 Å². The number of aliphatic hydroxyl groups excluding tert-OH is 1. The summed E-state index contributed by atoms with van der Waals surface area (Å²) in [6.07, 6.45) is 5.49. The molecule has 1 aromatic carbocycles. The molecule has 3 heterocycles. The zero-order valence-electron chi connectivity index (χ0n) is 14.7. The first kappa shape index (κ1) is 16.6. The first-order valence-corrected chi connectivity index (χ1v) is 9.42. The van der Waals surface area contributed by atoms with Crippen LogP contribution in [0.4, 0.5) is 0 Å². The van der Waals surface area contributed by atoms with Gasteiger partial charge in [0.25, 0.3) is 5.91 Å². The second-order valence-corrected chi connectivity index (χ2v) is 7.65. The molecule has 0 bridgehead atoms. The van der Waals surface area contributed by atoms with Gasteiger partial charge in [-0.05, 0) is 67.8 Å². The first-order valence-electron chi connectivity index (χ1n) is 9.42. The quantitative estimate of drug-likeness (QED) is 0.897. The van der Waals surface area contributed by atoms with Gasteiger partial charge in [0.15, 0.2) is 0 Å². The molecule has 4 rings (SSSR count). The van der Waals surface area contributed by atoms with Crippen molar-refractivity contribution >= 4 is 16.8 Å². The van der Waals surface area contributed by atoms with Crippen LogP contribution in [0.1, 0.15) is 29.6 Å². The molecule has 0 spiro atoms. The number of hydrogen-bond donors (Lipinski definition) is 2. The van der Waals surface area contributed by atoms with Crippen LogP contribution in [-0.2, 0) is 0 Å². The summed E-state index contributed by atoms with van der Waals surface area (Å²) in [7, 11) is 0. The van der Waals surface area contributed by atoms with Gasteiger partial charge in [-0.1, -0.05) is 6.07 Å². The fourth-order valence-electron chi connectivity index (χ4n) is 4.44. The highest BCUT2D eigenvalue weighted by molar-refractivity contribution is 5.98. The van der Waals surface area contributed by atoms with Gasteiger partial charge in [-0.15, -0.1) is 0 Å². The summed E-state index contributed by atoms with van der Waals surface area (Å²) in [5, 5.41) is 10.8. The largest absolute Gasteiger partial charge is 0.396 e. The van der Waals surface area contributed by atoms with E-state index in [0.717, 1.165) is 36.0 Å². The molecule has 5 heteroatoms. The lowest BCUT2D eigenvalue weighted by molar-refractivity contribution is 0.0465. The Morgan fingerprint density at radius 2 is 1.96 bits per heavy atom. The van der Waals surface area contributed by atoms with E-state index in [0.29, 0.717) is 12.5 Å². The molecule has 0 saturated carbocycles. The summed E-state index contributed by atoms with van der Waals surface area (Å²) in [6.45, 7) is 5.03. The molecule has 2 fully saturated rings. The molecule has 2 N–H and O–H groups in total. The molecule has 0 unspecified atom stereocenters. The number of amides is 1. The van der Waals surface area contributed by atoms with Crippen molar-refractivity contribution in [2.75, 3.05) is 39.3 Å². The van der Waals surface area contributed by atoms with Crippen LogP contribution in [0, 0.1) is 11.8 Å². The lowest BCUT2D eigenvalue weighted by atomic mass is 9.88. The van der Waals surface area contributed by atoms with Crippen molar-refractivity contribution in [3.8, 4) is 0 Å². The predicted molar refractivity (Wildman–Crippen MR) is 98.6 cm³/mol. The highest BCUT2D eigenvalue weighted by atomic mass is 16.3. The van der Waals surface area contributed by atoms with Gasteiger partial charge in [0.05, 0.1) is 0 Å². The Kier molecular flexibility index (Phi) is 4.77. The van der Waals surface area contributed by atoms with Crippen LogP contribution in [0.25, 0.3) is 10.9 Å². The average molecular weight is 341 g/mol. The van der Waals surface area contributed by atoms with E-state index in [1.165, 1.54) is 25.9 Å². The Balaban J connectivity index is 1.49. The van der Waals surface area contributed by atoms with Crippen LogP contribution >= 0.6 is 0 Å². The average Bonchev–Trinajstić information content (AvgIpc) is 3.31. The monoisotopic (exact) mass is 341 g/mol. The molecule has 2 saturated heterocycles. The van der Waals surface area contributed by atoms with Crippen molar-refractivity contribution in [2.45, 2.75) is 19.3 Å². The number of aromatic amines is 1. The van der Waals surface area contributed by atoms with Crippen molar-refractivity contribution in [3.05, 3.63) is 36.0 Å². The number of H-pyrrole nitrogens is 1. The van der Waals surface area contributed by atoms with E-state index >= 15 is 0 Å². The number of rotatable bonds is 4. The van der Waals surface area contributed by atoms with Gasteiger partial charge in [0, 0.05) is 43.5 Å². The summed E-state index contributed by atoms with van der Waals surface area (Å²) in [4.78, 5) is 20.7. The Bertz CT molecular complexity index is 735. The SMILES string of the molecule is O=C(c1ccc2cc[nH]c2c1)N1C[C@H](CO)C[C@H](CN2CCCC2)C1. The van der Waals surface area contributed by atoms with Gasteiger partial charge in [-0.3, -0.25) is 4.79 Å². The van der Waals surface area contributed by atoms with Crippen molar-refractivity contribution < 1.29 is 9.90 Å². The molecule has 1 aromatic heterocycles. The Morgan fingerprint density at radius 1 is 1.16 bits per heavy atom. The standard InChI is InChI=1S/C20H27N3O2/c24-14-16-9-15(11-22-7-1-2-8-22)12-23(13-16)20(25)18-4-3-17-5-6-21-19(17)10-18/h3-6,10,15-16,21,24H,1-2,7-9,11-14H2/t15-,16-/m1/s1. The predicted octanol–water partition coefficient (Wildman–Crippen LogP) is 2.33. The number of hydrogen-bond acceptors (Lipinski definition) is 3. The summed E-state index contributed by atoms with van der Waals surface area (Å²) in [6, 6.07) is 7.86. The summed E-state index contributed by atoms with van der Waals surface area (Å²) < 4.78 is 0. The summed E-state index contributed by atoms with van der Waals surface area (Å²) in [5.41, 5.74) is 1.73. The minimum Gasteiger partial charge on any atom is -0.396 e. The first-order chi connectivity index (χ1) is 12.2. The van der Waals surface area contributed by atoms with Crippen molar-refractivity contribution in [1.29, 1.82) is 0 Å². The molecule has 0 aliphatic carbocycles. The van der Waals surface area contributed by atoms with Crippen LogP contribution in [0.3, 0.4) is 0 Å². The molecule has 2 aromatic rings. The van der Waals surface area contributed by atoms with Crippen molar-refractivity contribution in [1.82, 2.24) is 14.8 Å². The Hall–Kier alpha value is -1.85. The number of likely N-dealkylation sites (tertiary alicyclic amines) is 2. The highest BCUT2D eigenvalue weighted by Gasteiger charge is 2.31. The molecular weight excluding hydrogens is 314 g/mol. The van der Waals surface area contributed by atoms with E-state index in [2.05, 4.69) is 9.88 Å². The van der Waals surface area contributed by atoms with E-state index in [1.54, 1.807) is 0 Å². The maximum Gasteiger partial charge on any atom is 0.253 e. The Labute approximate surface area is 148 Å². The molecule has 0 radical (unpaired) electrons. The third-order valence-electron chi connectivity index (χ3n) is 5.69. The third kappa shape index (κ3) is 3.58. The number of nitrogens with zero attached hydrogens (tertiary/aromatic N) is 2. The number of aromatic nitrogens is 1. The molecular formula is C20H27N3O2. The second kappa shape index (κ2) is 7.18. The zero-order valence-corrected chi connectivity index (χ0v) is 14.7. The zero-order chi connectivity index (χ0) is 17.2. The molecule has 2 aliphatic heterocycles. The van der Waals surface area contributed by atoms with E-state index in [1.807, 2.05) is 35.4 Å². The van der Waals surface area contributed by atoms with Crippen LogP contribution < -0.4 is 0 Å². The number of carbonyl (C=O) groups excluding carboxylic acids is 1. The minimum atomic E-state index is 0.0843. The van der Waals surface area contributed by atoms with Crippen LogP contribution in [0.5, 0.6) is 0 Å².